The zero-order valence-corrected chi connectivity index (χ0v) is 15.7. The number of benzene rings is 1. The van der Waals surface area contributed by atoms with Gasteiger partial charge in [-0.25, -0.2) is 0 Å². The maximum atomic E-state index is 12.6. The van der Waals surface area contributed by atoms with E-state index < -0.39 is 0 Å². The third kappa shape index (κ3) is 3.89. The van der Waals surface area contributed by atoms with E-state index in [2.05, 4.69) is 6.92 Å². The molecule has 6 heteroatoms. The second-order valence-electron chi connectivity index (χ2n) is 7.13. The largest absolute Gasteiger partial charge is 0.339 e. The van der Waals surface area contributed by atoms with Gasteiger partial charge >= 0.3 is 0 Å². The van der Waals surface area contributed by atoms with Crippen LogP contribution in [0.2, 0.25) is 0 Å². The van der Waals surface area contributed by atoms with Crippen molar-refractivity contribution < 1.29 is 14.4 Å². The van der Waals surface area contributed by atoms with Crippen molar-refractivity contribution in [2.45, 2.75) is 39.0 Å². The molecule has 0 bridgehead atoms. The Morgan fingerprint density at radius 1 is 1.04 bits per heavy atom. The molecule has 0 aliphatic carbocycles. The van der Waals surface area contributed by atoms with Crippen LogP contribution in [0.25, 0.3) is 0 Å². The smallest absolute Gasteiger partial charge is 0.231 e. The number of rotatable bonds is 5. The van der Waals surface area contributed by atoms with Gasteiger partial charge in [0.1, 0.15) is 0 Å². The SMILES string of the molecule is CCCCC(=O)N1CCN(C(=O)Cc2ccc3c(c2)CC(=O)N3C)CC1. The van der Waals surface area contributed by atoms with Crippen molar-refractivity contribution in [1.29, 1.82) is 0 Å². The topological polar surface area (TPSA) is 60.9 Å². The van der Waals surface area contributed by atoms with E-state index in [1.165, 1.54) is 0 Å². The molecule has 2 heterocycles. The van der Waals surface area contributed by atoms with Gasteiger partial charge in [0.2, 0.25) is 17.7 Å². The molecule has 26 heavy (non-hydrogen) atoms. The number of nitrogens with zero attached hydrogens (tertiary/aromatic N) is 3. The monoisotopic (exact) mass is 357 g/mol. The fourth-order valence-electron chi connectivity index (χ4n) is 3.61. The van der Waals surface area contributed by atoms with Gasteiger partial charge in [-0.1, -0.05) is 25.5 Å². The molecule has 140 valence electrons. The van der Waals surface area contributed by atoms with E-state index >= 15 is 0 Å². The maximum Gasteiger partial charge on any atom is 0.231 e. The molecule has 1 fully saturated rings. The average molecular weight is 357 g/mol. The highest BCUT2D eigenvalue weighted by atomic mass is 16.2. The molecule has 1 aromatic carbocycles. The van der Waals surface area contributed by atoms with Gasteiger partial charge in [0, 0.05) is 45.3 Å². The lowest BCUT2D eigenvalue weighted by Gasteiger charge is -2.35. The number of anilines is 1. The van der Waals surface area contributed by atoms with Crippen molar-refractivity contribution >= 4 is 23.4 Å². The highest BCUT2D eigenvalue weighted by Gasteiger charge is 2.26. The van der Waals surface area contributed by atoms with Crippen LogP contribution in [0, 0.1) is 0 Å². The normalized spacial score (nSPS) is 16.8. The fourth-order valence-corrected chi connectivity index (χ4v) is 3.61. The van der Waals surface area contributed by atoms with Crippen molar-refractivity contribution in [3.8, 4) is 0 Å². The van der Waals surface area contributed by atoms with Gasteiger partial charge in [-0.3, -0.25) is 14.4 Å². The van der Waals surface area contributed by atoms with Crippen molar-refractivity contribution in [2.24, 2.45) is 0 Å². The molecular formula is C20H27N3O3. The lowest BCUT2D eigenvalue weighted by Crippen LogP contribution is -2.50. The zero-order valence-electron chi connectivity index (χ0n) is 15.7. The molecule has 3 rings (SSSR count). The number of hydrogen-bond acceptors (Lipinski definition) is 3. The zero-order chi connectivity index (χ0) is 18.7. The highest BCUT2D eigenvalue weighted by molar-refractivity contribution is 6.01. The van der Waals surface area contributed by atoms with E-state index in [9.17, 15) is 14.4 Å². The van der Waals surface area contributed by atoms with Gasteiger partial charge in [-0.15, -0.1) is 0 Å². The summed E-state index contributed by atoms with van der Waals surface area (Å²) in [6.07, 6.45) is 3.30. The summed E-state index contributed by atoms with van der Waals surface area (Å²) in [5, 5.41) is 0. The minimum absolute atomic E-state index is 0.0864. The molecule has 1 aromatic rings. The second kappa shape index (κ2) is 7.89. The summed E-state index contributed by atoms with van der Waals surface area (Å²) in [4.78, 5) is 41.8. The number of unbranched alkanes of at least 4 members (excludes halogenated alkanes) is 1. The Bertz CT molecular complexity index is 708. The summed E-state index contributed by atoms with van der Waals surface area (Å²) < 4.78 is 0. The van der Waals surface area contributed by atoms with Crippen LogP contribution in [0.3, 0.4) is 0 Å². The molecule has 1 saturated heterocycles. The summed E-state index contributed by atoms with van der Waals surface area (Å²) in [6, 6.07) is 5.82. The first kappa shape index (κ1) is 18.4. The molecule has 3 amide bonds. The Hall–Kier alpha value is -2.37. The quantitative estimate of drug-likeness (QED) is 0.804. The Morgan fingerprint density at radius 3 is 2.35 bits per heavy atom. The van der Waals surface area contributed by atoms with Gasteiger partial charge < -0.3 is 14.7 Å². The predicted molar refractivity (Wildman–Crippen MR) is 99.9 cm³/mol. The van der Waals surface area contributed by atoms with E-state index in [4.69, 9.17) is 0 Å². The van der Waals surface area contributed by atoms with Crippen LogP contribution < -0.4 is 4.90 Å². The van der Waals surface area contributed by atoms with Gasteiger partial charge in [0.05, 0.1) is 12.8 Å². The van der Waals surface area contributed by atoms with Gasteiger partial charge in [0.15, 0.2) is 0 Å². The van der Waals surface area contributed by atoms with Crippen LogP contribution in [-0.2, 0) is 27.2 Å². The standard InChI is InChI=1S/C20H27N3O3/c1-3-4-5-18(24)22-8-10-23(11-9-22)20(26)13-15-6-7-17-16(12-15)14-19(25)21(17)2/h6-7,12H,3-5,8-11,13-14H2,1-2H3. The molecule has 0 N–H and O–H groups in total. The first-order chi connectivity index (χ1) is 12.5. The molecule has 0 atom stereocenters. The molecular weight excluding hydrogens is 330 g/mol. The first-order valence-electron chi connectivity index (χ1n) is 9.43. The van der Waals surface area contributed by atoms with E-state index in [0.29, 0.717) is 45.4 Å². The van der Waals surface area contributed by atoms with Crippen LogP contribution in [-0.4, -0.2) is 60.7 Å². The molecule has 0 saturated carbocycles. The number of amides is 3. The molecule has 6 nitrogen and oxygen atoms in total. The number of fused-ring (bicyclic) bond motifs is 1. The molecule has 0 aromatic heterocycles. The van der Waals surface area contributed by atoms with Crippen LogP contribution in [0.15, 0.2) is 18.2 Å². The van der Waals surface area contributed by atoms with E-state index in [-0.39, 0.29) is 17.7 Å². The summed E-state index contributed by atoms with van der Waals surface area (Å²) in [5.74, 6) is 0.377. The number of carbonyl (C=O) groups excluding carboxylic acids is 3. The molecule has 2 aliphatic heterocycles. The van der Waals surface area contributed by atoms with Crippen molar-refractivity contribution in [3.05, 3.63) is 29.3 Å². The summed E-state index contributed by atoms with van der Waals surface area (Å²) in [5.41, 5.74) is 2.87. The Balaban J connectivity index is 1.53. The van der Waals surface area contributed by atoms with Crippen LogP contribution in [0.4, 0.5) is 5.69 Å². The molecule has 0 radical (unpaired) electrons. The van der Waals surface area contributed by atoms with Crippen molar-refractivity contribution in [2.75, 3.05) is 38.1 Å². The number of piperazine rings is 1. The average Bonchev–Trinajstić information content (AvgIpc) is 2.93. The minimum atomic E-state index is 0.0864. The lowest BCUT2D eigenvalue weighted by molar-refractivity contribution is -0.139. The Morgan fingerprint density at radius 2 is 1.69 bits per heavy atom. The maximum absolute atomic E-state index is 12.6. The van der Waals surface area contributed by atoms with Crippen LogP contribution in [0.1, 0.15) is 37.3 Å². The van der Waals surface area contributed by atoms with Gasteiger partial charge in [-0.2, -0.15) is 0 Å². The molecule has 0 spiro atoms. The van der Waals surface area contributed by atoms with Gasteiger partial charge in [0.25, 0.3) is 0 Å². The third-order valence-electron chi connectivity index (χ3n) is 5.31. The third-order valence-corrected chi connectivity index (χ3v) is 5.31. The predicted octanol–water partition coefficient (Wildman–Crippen LogP) is 1.61. The number of likely N-dealkylation sites (N-methyl/N-ethyl adjacent to an activating group) is 1. The summed E-state index contributed by atoms with van der Waals surface area (Å²) in [7, 11) is 1.78. The Kier molecular flexibility index (Phi) is 5.59. The number of carbonyl (C=O) groups is 3. The van der Waals surface area contributed by atoms with E-state index in [0.717, 1.165) is 29.7 Å². The van der Waals surface area contributed by atoms with Crippen LogP contribution >= 0.6 is 0 Å². The molecule has 0 unspecified atom stereocenters. The van der Waals surface area contributed by atoms with E-state index in [1.54, 1.807) is 11.9 Å². The summed E-state index contributed by atoms with van der Waals surface area (Å²) >= 11 is 0. The summed E-state index contributed by atoms with van der Waals surface area (Å²) in [6.45, 7) is 4.53. The molecule has 2 aliphatic rings. The fraction of sp³-hybridized carbons (Fsp3) is 0.550. The lowest BCUT2D eigenvalue weighted by atomic mass is 10.1. The Labute approximate surface area is 154 Å². The van der Waals surface area contributed by atoms with E-state index in [1.807, 2.05) is 28.0 Å². The first-order valence-corrected chi connectivity index (χ1v) is 9.43. The van der Waals surface area contributed by atoms with Crippen molar-refractivity contribution in [1.82, 2.24) is 9.80 Å². The van der Waals surface area contributed by atoms with Gasteiger partial charge in [-0.05, 0) is 23.6 Å². The number of hydrogen-bond donors (Lipinski definition) is 0. The van der Waals surface area contributed by atoms with Crippen molar-refractivity contribution in [3.63, 3.8) is 0 Å². The van der Waals surface area contributed by atoms with Crippen LogP contribution in [0.5, 0.6) is 0 Å². The minimum Gasteiger partial charge on any atom is -0.339 e. The highest BCUT2D eigenvalue weighted by Crippen LogP contribution is 2.28. The second-order valence-corrected chi connectivity index (χ2v) is 7.13.